The largest absolute Gasteiger partial charge is 0.369 e. The van der Waals surface area contributed by atoms with E-state index in [-0.39, 0.29) is 0 Å². The topological polar surface area (TPSA) is 67.8 Å². The van der Waals surface area contributed by atoms with Gasteiger partial charge in [-0.25, -0.2) is 9.79 Å². The van der Waals surface area contributed by atoms with Crippen LogP contribution in [0.1, 0.15) is 6.42 Å². The minimum absolute atomic E-state index is 0.401. The van der Waals surface area contributed by atoms with Crippen LogP contribution in [0.4, 0.5) is 5.69 Å². The molecule has 0 bridgehead atoms. The van der Waals surface area contributed by atoms with Crippen molar-refractivity contribution in [1.29, 1.82) is 0 Å². The number of rotatable bonds is 5. The quantitative estimate of drug-likeness (QED) is 0.400. The summed E-state index contributed by atoms with van der Waals surface area (Å²) >= 11 is 1.69. The molecule has 2 heterocycles. The van der Waals surface area contributed by atoms with E-state index in [1.165, 1.54) is 21.7 Å². The molecule has 3 N–H and O–H groups in total. The normalized spacial score (nSPS) is 17.7. The van der Waals surface area contributed by atoms with E-state index in [1.807, 2.05) is 6.08 Å². The molecule has 0 radical (unpaired) electrons. The molecule has 6 nitrogen and oxygen atoms in total. The third kappa shape index (κ3) is 5.00. The molecule has 0 atom stereocenters. The van der Waals surface area contributed by atoms with Gasteiger partial charge >= 0.3 is 0 Å². The summed E-state index contributed by atoms with van der Waals surface area (Å²) in [5, 5.41) is 12.1. The van der Waals surface area contributed by atoms with Crippen molar-refractivity contribution in [2.45, 2.75) is 11.3 Å². The number of hydroxylamine groups is 1. The van der Waals surface area contributed by atoms with Gasteiger partial charge in [-0.3, -0.25) is 10.0 Å². The molecule has 2 aliphatic heterocycles. The zero-order valence-electron chi connectivity index (χ0n) is 16.3. The Balaban J connectivity index is 1.36. The first-order valence-electron chi connectivity index (χ1n) is 9.95. The highest BCUT2D eigenvalue weighted by molar-refractivity contribution is 7.97. The van der Waals surface area contributed by atoms with E-state index in [1.54, 1.807) is 17.4 Å². The first-order chi connectivity index (χ1) is 14.2. The zero-order valence-corrected chi connectivity index (χ0v) is 17.1. The molecule has 7 heteroatoms. The van der Waals surface area contributed by atoms with Crippen molar-refractivity contribution < 1.29 is 10.0 Å². The van der Waals surface area contributed by atoms with Gasteiger partial charge in [0.2, 0.25) is 0 Å². The fourth-order valence-electron chi connectivity index (χ4n) is 3.66. The number of nitrogens with one attached hydrogen (secondary N) is 2. The molecule has 0 spiro atoms. The number of benzene rings is 2. The maximum Gasteiger partial charge on any atom is 0.270 e. The third-order valence-electron chi connectivity index (χ3n) is 5.34. The molecule has 2 aromatic rings. The summed E-state index contributed by atoms with van der Waals surface area (Å²) in [5.74, 6) is -0.401. The predicted molar refractivity (Wildman–Crippen MR) is 117 cm³/mol. The monoisotopic (exact) mass is 410 g/mol. The van der Waals surface area contributed by atoms with E-state index in [2.05, 4.69) is 63.1 Å². The van der Waals surface area contributed by atoms with E-state index in [9.17, 15) is 4.79 Å². The highest BCUT2D eigenvalue weighted by Crippen LogP contribution is 2.29. The van der Waals surface area contributed by atoms with Crippen molar-refractivity contribution in [2.24, 2.45) is 0 Å². The van der Waals surface area contributed by atoms with Crippen LogP contribution in [0.5, 0.6) is 0 Å². The number of carbonyl (C=O) groups is 1. The molecule has 2 aliphatic rings. The summed E-state index contributed by atoms with van der Waals surface area (Å²) in [5.41, 5.74) is 6.07. The van der Waals surface area contributed by atoms with E-state index >= 15 is 0 Å². The molecular weight excluding hydrogens is 384 g/mol. The number of amides is 1. The SMILES string of the molecule is O=C(NO)C1=CCN(Sc2ccc(-c3ccc(N4CCNCC4)cc3)cc2)CC1. The average Bonchev–Trinajstić information content (AvgIpc) is 2.80. The molecular formula is C22H26N4O2S. The van der Waals surface area contributed by atoms with Gasteiger partial charge in [0.15, 0.2) is 0 Å². The van der Waals surface area contributed by atoms with Crippen molar-refractivity contribution >= 4 is 23.5 Å². The first-order valence-corrected chi connectivity index (χ1v) is 10.7. The summed E-state index contributed by atoms with van der Waals surface area (Å²) in [4.78, 5) is 15.0. The van der Waals surface area contributed by atoms with Crippen LogP contribution in [0.15, 0.2) is 65.1 Å². The second-order valence-electron chi connectivity index (χ2n) is 7.21. The van der Waals surface area contributed by atoms with Crippen molar-refractivity contribution in [3.8, 4) is 11.1 Å². The lowest BCUT2D eigenvalue weighted by atomic mass is 10.1. The molecule has 2 aromatic carbocycles. The Morgan fingerprint density at radius 2 is 1.62 bits per heavy atom. The highest BCUT2D eigenvalue weighted by Gasteiger charge is 2.17. The Kier molecular flexibility index (Phi) is 6.51. The standard InChI is InChI=1S/C22H26N4O2S/c27-22(24-28)19-9-13-26(14-10-19)29-21-7-3-18(4-8-21)17-1-5-20(6-2-17)25-15-11-23-12-16-25/h1-9,23,28H,10-16H2,(H,24,27). The smallest absolute Gasteiger partial charge is 0.270 e. The molecule has 1 fully saturated rings. The molecule has 0 unspecified atom stereocenters. The fraction of sp³-hybridized carbons (Fsp3) is 0.318. The van der Waals surface area contributed by atoms with Gasteiger partial charge in [0.05, 0.1) is 0 Å². The van der Waals surface area contributed by atoms with Crippen LogP contribution in [0.2, 0.25) is 0 Å². The Hall–Kier alpha value is -2.32. The van der Waals surface area contributed by atoms with Gasteiger partial charge in [-0.1, -0.05) is 30.3 Å². The number of hydrogen-bond donors (Lipinski definition) is 3. The third-order valence-corrected chi connectivity index (χ3v) is 6.41. The van der Waals surface area contributed by atoms with E-state index in [0.29, 0.717) is 18.5 Å². The highest BCUT2D eigenvalue weighted by atomic mass is 32.2. The van der Waals surface area contributed by atoms with E-state index in [0.717, 1.165) is 32.7 Å². The first kappa shape index (κ1) is 20.0. The number of nitrogens with zero attached hydrogens (tertiary/aromatic N) is 2. The number of hydrogen-bond acceptors (Lipinski definition) is 6. The van der Waals surface area contributed by atoms with Crippen LogP contribution in [0.25, 0.3) is 11.1 Å². The van der Waals surface area contributed by atoms with Gasteiger partial charge in [-0.2, -0.15) is 0 Å². The predicted octanol–water partition coefficient (Wildman–Crippen LogP) is 2.91. The molecule has 0 aliphatic carbocycles. The van der Waals surface area contributed by atoms with Gasteiger partial charge in [0, 0.05) is 55.4 Å². The fourth-order valence-corrected chi connectivity index (χ4v) is 4.54. The van der Waals surface area contributed by atoms with E-state index < -0.39 is 5.91 Å². The lowest BCUT2D eigenvalue weighted by molar-refractivity contribution is -0.125. The van der Waals surface area contributed by atoms with Gasteiger partial charge in [0.25, 0.3) is 5.91 Å². The van der Waals surface area contributed by atoms with Crippen LogP contribution in [0, 0.1) is 0 Å². The van der Waals surface area contributed by atoms with Crippen LogP contribution in [0.3, 0.4) is 0 Å². The molecule has 152 valence electrons. The number of piperazine rings is 1. The van der Waals surface area contributed by atoms with Crippen molar-refractivity contribution in [1.82, 2.24) is 15.1 Å². The molecule has 1 amide bonds. The van der Waals surface area contributed by atoms with Gasteiger partial charge in [0.1, 0.15) is 0 Å². The molecule has 1 saturated heterocycles. The molecule has 0 saturated carbocycles. The second kappa shape index (κ2) is 9.45. The summed E-state index contributed by atoms with van der Waals surface area (Å²) in [7, 11) is 0. The average molecular weight is 411 g/mol. The van der Waals surface area contributed by atoms with Gasteiger partial charge < -0.3 is 10.2 Å². The Morgan fingerprint density at radius 3 is 2.21 bits per heavy atom. The van der Waals surface area contributed by atoms with Gasteiger partial charge in [-0.15, -0.1) is 0 Å². The van der Waals surface area contributed by atoms with Crippen molar-refractivity contribution in [3.63, 3.8) is 0 Å². The lowest BCUT2D eigenvalue weighted by Gasteiger charge is -2.29. The second-order valence-corrected chi connectivity index (χ2v) is 8.38. The minimum atomic E-state index is -0.401. The maximum absolute atomic E-state index is 11.5. The minimum Gasteiger partial charge on any atom is -0.369 e. The van der Waals surface area contributed by atoms with Crippen LogP contribution in [-0.2, 0) is 4.79 Å². The van der Waals surface area contributed by atoms with Crippen molar-refractivity contribution in [2.75, 3.05) is 44.2 Å². The summed E-state index contributed by atoms with van der Waals surface area (Å²) in [6, 6.07) is 17.4. The maximum atomic E-state index is 11.5. The number of anilines is 1. The molecule has 4 rings (SSSR count). The Bertz CT molecular complexity index is 861. The van der Waals surface area contributed by atoms with Crippen LogP contribution >= 0.6 is 11.9 Å². The Morgan fingerprint density at radius 1 is 0.966 bits per heavy atom. The lowest BCUT2D eigenvalue weighted by Crippen LogP contribution is -2.43. The Labute approximate surface area is 175 Å². The molecule has 0 aromatic heterocycles. The van der Waals surface area contributed by atoms with Crippen LogP contribution in [-0.4, -0.2) is 54.7 Å². The number of carbonyl (C=O) groups excluding carboxylic acids is 1. The summed E-state index contributed by atoms with van der Waals surface area (Å²) in [6.07, 6.45) is 2.51. The zero-order chi connectivity index (χ0) is 20.1. The van der Waals surface area contributed by atoms with E-state index in [4.69, 9.17) is 5.21 Å². The summed E-state index contributed by atoms with van der Waals surface area (Å²) in [6.45, 7) is 5.67. The summed E-state index contributed by atoms with van der Waals surface area (Å²) < 4.78 is 2.21. The van der Waals surface area contributed by atoms with Gasteiger partial charge in [-0.05, 0) is 53.8 Å². The van der Waals surface area contributed by atoms with Crippen molar-refractivity contribution in [3.05, 3.63) is 60.2 Å². The molecule has 29 heavy (non-hydrogen) atoms. The van der Waals surface area contributed by atoms with Crippen LogP contribution < -0.4 is 15.7 Å².